The van der Waals surface area contributed by atoms with Crippen molar-refractivity contribution in [3.63, 3.8) is 0 Å². The largest absolute Gasteiger partial charge is 0.289 e. The Hall–Kier alpha value is -8.28. The zero-order valence-corrected chi connectivity index (χ0v) is 41.2. The van der Waals surface area contributed by atoms with Crippen molar-refractivity contribution in [2.24, 2.45) is 0 Å². The van der Waals surface area contributed by atoms with Gasteiger partial charge in [0.25, 0.3) is 0 Å². The van der Waals surface area contributed by atoms with Crippen LogP contribution in [-0.2, 0) is 11.8 Å². The monoisotopic (exact) mass is 968 g/mol. The van der Waals surface area contributed by atoms with Crippen LogP contribution in [0.3, 0.4) is 0 Å². The molecule has 6 nitrogen and oxygen atoms in total. The zero-order valence-electron chi connectivity index (χ0n) is 38.7. The van der Waals surface area contributed by atoms with Crippen LogP contribution < -0.4 is 0 Å². The highest BCUT2D eigenvalue weighted by Gasteiger charge is 2.49. The highest BCUT2D eigenvalue weighted by molar-refractivity contribution is 7.30. The molecule has 5 aromatic carbocycles. The number of rotatable bonds is 10. The fraction of sp³-hybridized carbons (Fsp3) is 0.129. The molecule has 9 heteroatoms. The molecule has 3 aliphatic carbocycles. The second-order valence-corrected chi connectivity index (χ2v) is 21.3. The van der Waals surface area contributed by atoms with Crippen LogP contribution in [0.5, 0.6) is 0 Å². The molecule has 8 aromatic rings. The number of carbonyl (C=O) groups excluding carboxylic acids is 2. The van der Waals surface area contributed by atoms with Gasteiger partial charge in [-0.25, -0.2) is 0 Å². The summed E-state index contributed by atoms with van der Waals surface area (Å²) in [5.74, 6) is -0.416. The smallest absolute Gasteiger partial charge is 0.194 e. The van der Waals surface area contributed by atoms with Crippen molar-refractivity contribution in [3.8, 4) is 45.2 Å². The van der Waals surface area contributed by atoms with Gasteiger partial charge in [0.2, 0.25) is 0 Å². The zero-order chi connectivity index (χ0) is 49.0. The van der Waals surface area contributed by atoms with Gasteiger partial charge >= 0.3 is 0 Å². The summed E-state index contributed by atoms with van der Waals surface area (Å²) in [6, 6.07) is 53.5. The van der Waals surface area contributed by atoms with Crippen LogP contribution in [0.25, 0.3) is 53.6 Å². The maximum Gasteiger partial charge on any atom is 0.194 e. The number of carbonyl (C=O) groups is 2. The van der Waals surface area contributed by atoms with Crippen LogP contribution >= 0.6 is 34.0 Å². The lowest BCUT2D eigenvalue weighted by Gasteiger charge is -2.34. The Bertz CT molecular complexity index is 3870. The van der Waals surface area contributed by atoms with Gasteiger partial charge in [-0.05, 0) is 101 Å². The van der Waals surface area contributed by atoms with E-state index in [1.807, 2.05) is 54.6 Å². The van der Waals surface area contributed by atoms with Crippen LogP contribution in [0.2, 0.25) is 0 Å². The third-order valence-electron chi connectivity index (χ3n) is 14.0. The van der Waals surface area contributed by atoms with Gasteiger partial charge in [-0.3, -0.25) is 9.59 Å². The van der Waals surface area contributed by atoms with Gasteiger partial charge in [0, 0.05) is 63.2 Å². The van der Waals surface area contributed by atoms with Crippen LogP contribution in [0.15, 0.2) is 156 Å². The number of ketones is 2. The highest BCUT2D eigenvalue weighted by atomic mass is 32.1. The van der Waals surface area contributed by atoms with E-state index < -0.39 is 5.41 Å². The van der Waals surface area contributed by atoms with E-state index in [1.165, 1.54) is 35.3 Å². The Morgan fingerprint density at radius 1 is 0.577 bits per heavy atom. The molecule has 3 aliphatic rings. The molecular weight excluding hydrogens is 929 g/mol. The number of benzene rings is 5. The van der Waals surface area contributed by atoms with E-state index in [4.69, 9.17) is 0 Å². The van der Waals surface area contributed by atoms with Crippen LogP contribution in [0.1, 0.15) is 108 Å². The van der Waals surface area contributed by atoms with E-state index >= 15 is 0 Å². The van der Waals surface area contributed by atoms with E-state index in [1.54, 1.807) is 70.4 Å². The van der Waals surface area contributed by atoms with Crippen molar-refractivity contribution in [1.29, 1.82) is 21.0 Å². The molecular formula is C62H40N4O2S3. The lowest BCUT2D eigenvalue weighted by atomic mass is 9.67. The topological polar surface area (TPSA) is 129 Å². The Labute approximate surface area is 424 Å². The first-order valence-corrected chi connectivity index (χ1v) is 26.0. The van der Waals surface area contributed by atoms with E-state index in [0.29, 0.717) is 44.5 Å². The molecule has 0 bridgehead atoms. The fourth-order valence-corrected chi connectivity index (χ4v) is 14.3. The molecule has 0 N–H and O–H groups in total. The number of thiophene rings is 3. The summed E-state index contributed by atoms with van der Waals surface area (Å²) in [5.41, 5.74) is 11.9. The summed E-state index contributed by atoms with van der Waals surface area (Å²) in [7, 11) is 0. The van der Waals surface area contributed by atoms with E-state index in [-0.39, 0.29) is 22.7 Å². The molecule has 3 heterocycles. The third-order valence-corrected chi connectivity index (χ3v) is 17.4. The standard InChI is InChI=1S/C62H40N4O2S3/c1-3-4-5-6-11-37-18-23-42(24-19-37)62(41-21-16-36(2)17-22-41)52-28-38(53-27-25-43(69-53)29-50-55(39(32-63)33-64)45-12-7-9-14-47(45)58(50)67)20-26-49(52)60-57(62)61-54(71-60)31-44(70-61)30-51-56(40(34-65)35-66)46-13-8-10-15-48(46)59(51)68/h7-10,12-31H,3-6,11H2,1-2H3/b50-29-,51-30-. The molecule has 1 unspecified atom stereocenters. The number of unbranched alkanes of at least 4 members (excludes halogenated alkanes) is 3. The molecule has 0 radical (unpaired) electrons. The number of nitriles is 4. The SMILES string of the molecule is CCCCCCc1ccc(C2(c3ccc(C)cc3)c3cc(-c4ccc(/C=C5\C(=O)c6ccccc6C5=C(C#N)C#N)s4)ccc3-c3sc4cc(/C=C5\C(=O)c6ccccc6C5=C(C#N)C#N)sc4c32)cc1. The number of hydrogen-bond donors (Lipinski definition) is 0. The molecule has 0 amide bonds. The van der Waals surface area contributed by atoms with Crippen LogP contribution in [0.4, 0.5) is 0 Å². The van der Waals surface area contributed by atoms with E-state index in [0.717, 1.165) is 70.3 Å². The van der Waals surface area contributed by atoms with Gasteiger partial charge < -0.3 is 0 Å². The minimum Gasteiger partial charge on any atom is -0.289 e. The normalized spacial score (nSPS) is 16.4. The number of Topliss-reactive ketones (excluding diaryl/α,β-unsaturated/α-hetero) is 2. The van der Waals surface area contributed by atoms with Gasteiger partial charge in [-0.1, -0.05) is 141 Å². The van der Waals surface area contributed by atoms with Gasteiger partial charge in [-0.2, -0.15) is 21.0 Å². The maximum atomic E-state index is 14.1. The Balaban J connectivity index is 1.09. The predicted octanol–water partition coefficient (Wildman–Crippen LogP) is 15.6. The molecule has 0 saturated carbocycles. The molecule has 0 fully saturated rings. The van der Waals surface area contributed by atoms with Gasteiger partial charge in [0.1, 0.15) is 35.4 Å². The first kappa shape index (κ1) is 45.2. The molecule has 338 valence electrons. The number of nitrogens with zero attached hydrogens (tertiary/aromatic N) is 4. The first-order valence-electron chi connectivity index (χ1n) is 23.5. The molecule has 0 saturated heterocycles. The average Bonchev–Trinajstić information content (AvgIpc) is 4.25. The van der Waals surface area contributed by atoms with E-state index in [9.17, 15) is 30.6 Å². The average molecular weight is 969 g/mol. The molecule has 11 rings (SSSR count). The Morgan fingerprint density at radius 3 is 1.75 bits per heavy atom. The summed E-state index contributed by atoms with van der Waals surface area (Å²) in [6.45, 7) is 4.34. The quantitative estimate of drug-likeness (QED) is 0.0762. The van der Waals surface area contributed by atoms with Crippen LogP contribution in [0, 0.1) is 52.2 Å². The summed E-state index contributed by atoms with van der Waals surface area (Å²) in [5, 5.41) is 40.0. The Kier molecular flexibility index (Phi) is 11.6. The summed E-state index contributed by atoms with van der Waals surface area (Å²) < 4.78 is 2.20. The minimum absolute atomic E-state index is 0.0897. The summed E-state index contributed by atoms with van der Waals surface area (Å²) in [4.78, 5) is 31.8. The Morgan fingerprint density at radius 2 is 1.15 bits per heavy atom. The van der Waals surface area contributed by atoms with Crippen molar-refractivity contribution >= 4 is 78.3 Å². The molecule has 3 aromatic heterocycles. The maximum absolute atomic E-state index is 14.1. The fourth-order valence-electron chi connectivity index (χ4n) is 10.7. The van der Waals surface area contributed by atoms with Crippen molar-refractivity contribution in [1.82, 2.24) is 0 Å². The van der Waals surface area contributed by atoms with Crippen molar-refractivity contribution < 1.29 is 9.59 Å². The van der Waals surface area contributed by atoms with E-state index in [2.05, 4.69) is 92.7 Å². The molecule has 0 aliphatic heterocycles. The lowest BCUT2D eigenvalue weighted by molar-refractivity contribution is 0.103. The van der Waals surface area contributed by atoms with Gasteiger partial charge in [-0.15, -0.1) is 34.0 Å². The predicted molar refractivity (Wildman–Crippen MR) is 287 cm³/mol. The second-order valence-electron chi connectivity index (χ2n) is 18.0. The molecule has 71 heavy (non-hydrogen) atoms. The number of allylic oxidation sites excluding steroid dienone is 6. The van der Waals surface area contributed by atoms with Crippen molar-refractivity contribution in [2.45, 2.75) is 51.4 Å². The number of hydrogen-bond acceptors (Lipinski definition) is 9. The van der Waals surface area contributed by atoms with Gasteiger partial charge in [0.15, 0.2) is 11.6 Å². The summed E-state index contributed by atoms with van der Waals surface area (Å²) in [6.07, 6.45) is 9.41. The minimum atomic E-state index is -0.753. The number of fused-ring (bicyclic) bond motifs is 7. The van der Waals surface area contributed by atoms with Crippen LogP contribution in [-0.4, -0.2) is 11.6 Å². The van der Waals surface area contributed by atoms with Crippen molar-refractivity contribution in [3.05, 3.63) is 221 Å². The second kappa shape index (κ2) is 18.2. The summed E-state index contributed by atoms with van der Waals surface area (Å²) >= 11 is 4.92. The van der Waals surface area contributed by atoms with Gasteiger partial charge in [0.05, 0.1) is 10.1 Å². The lowest BCUT2D eigenvalue weighted by Crippen LogP contribution is -2.28. The number of aryl methyl sites for hydroxylation is 2. The molecule has 0 spiro atoms. The third kappa shape index (κ3) is 7.29. The van der Waals surface area contributed by atoms with Crippen molar-refractivity contribution in [2.75, 3.05) is 0 Å². The highest BCUT2D eigenvalue weighted by Crippen LogP contribution is 2.63. The first-order chi connectivity index (χ1) is 34.7. The molecule has 1 atom stereocenters.